The Labute approximate surface area is 130 Å². The van der Waals surface area contributed by atoms with Crippen molar-refractivity contribution in [3.63, 3.8) is 0 Å². The highest BCUT2D eigenvalue weighted by molar-refractivity contribution is 9.10. The van der Waals surface area contributed by atoms with Gasteiger partial charge in [0.2, 0.25) is 0 Å². The Kier molecular flexibility index (Phi) is 6.02. The third-order valence-electron chi connectivity index (χ3n) is 4.12. The zero-order valence-corrected chi connectivity index (χ0v) is 14.0. The molecule has 1 aliphatic heterocycles. The van der Waals surface area contributed by atoms with E-state index in [0.29, 0.717) is 6.10 Å². The van der Waals surface area contributed by atoms with Gasteiger partial charge in [0.25, 0.3) is 0 Å². The van der Waals surface area contributed by atoms with Crippen molar-refractivity contribution in [3.8, 4) is 0 Å². The standard InChI is InChI=1S/C16H25BrN2O/c1-3-12-11-19(9-10-20-12)16(15(18)4-2)13-7-5-6-8-14(13)17/h5-8,12,15-16H,3-4,9-11,18H2,1-2H3. The molecule has 0 amide bonds. The molecule has 1 saturated heterocycles. The molecule has 0 radical (unpaired) electrons. The van der Waals surface area contributed by atoms with Gasteiger partial charge in [-0.1, -0.05) is 48.0 Å². The Morgan fingerprint density at radius 2 is 2.15 bits per heavy atom. The van der Waals surface area contributed by atoms with Gasteiger partial charge in [-0.3, -0.25) is 4.90 Å². The Balaban J connectivity index is 2.26. The lowest BCUT2D eigenvalue weighted by Crippen LogP contribution is -2.49. The van der Waals surface area contributed by atoms with Gasteiger partial charge in [0.15, 0.2) is 0 Å². The van der Waals surface area contributed by atoms with E-state index in [1.54, 1.807) is 0 Å². The van der Waals surface area contributed by atoms with Crippen LogP contribution in [-0.2, 0) is 4.74 Å². The highest BCUT2D eigenvalue weighted by Gasteiger charge is 2.31. The van der Waals surface area contributed by atoms with Crippen LogP contribution in [0.4, 0.5) is 0 Å². The number of benzene rings is 1. The molecule has 0 saturated carbocycles. The third-order valence-corrected chi connectivity index (χ3v) is 4.84. The maximum Gasteiger partial charge on any atom is 0.0700 e. The predicted octanol–water partition coefficient (Wildman–Crippen LogP) is 3.34. The van der Waals surface area contributed by atoms with E-state index in [1.807, 2.05) is 0 Å². The fourth-order valence-electron chi connectivity index (χ4n) is 2.88. The number of halogens is 1. The molecule has 4 heteroatoms. The summed E-state index contributed by atoms with van der Waals surface area (Å²) in [7, 11) is 0. The summed E-state index contributed by atoms with van der Waals surface area (Å²) in [4.78, 5) is 2.49. The average Bonchev–Trinajstić information content (AvgIpc) is 2.49. The average molecular weight is 341 g/mol. The number of rotatable bonds is 5. The number of morpholine rings is 1. The molecule has 3 nitrogen and oxygen atoms in total. The van der Waals surface area contributed by atoms with Crippen LogP contribution in [-0.4, -0.2) is 36.7 Å². The molecule has 1 fully saturated rings. The van der Waals surface area contributed by atoms with Gasteiger partial charge >= 0.3 is 0 Å². The lowest BCUT2D eigenvalue weighted by atomic mass is 9.95. The molecular formula is C16H25BrN2O. The molecular weight excluding hydrogens is 316 g/mol. The molecule has 3 atom stereocenters. The van der Waals surface area contributed by atoms with Gasteiger partial charge in [-0.05, 0) is 24.5 Å². The topological polar surface area (TPSA) is 38.5 Å². The molecule has 0 spiro atoms. The van der Waals surface area contributed by atoms with Crippen LogP contribution in [0, 0.1) is 0 Å². The van der Waals surface area contributed by atoms with E-state index in [-0.39, 0.29) is 12.1 Å². The van der Waals surface area contributed by atoms with Crippen LogP contribution >= 0.6 is 15.9 Å². The van der Waals surface area contributed by atoms with Crippen LogP contribution in [0.15, 0.2) is 28.7 Å². The van der Waals surface area contributed by atoms with E-state index in [2.05, 4.69) is 58.9 Å². The van der Waals surface area contributed by atoms with Gasteiger partial charge in [-0.2, -0.15) is 0 Å². The third kappa shape index (κ3) is 3.61. The van der Waals surface area contributed by atoms with Crippen molar-refractivity contribution < 1.29 is 4.74 Å². The highest BCUT2D eigenvalue weighted by atomic mass is 79.9. The summed E-state index contributed by atoms with van der Waals surface area (Å²) >= 11 is 3.68. The largest absolute Gasteiger partial charge is 0.376 e. The van der Waals surface area contributed by atoms with Crippen LogP contribution in [0.1, 0.15) is 38.3 Å². The minimum absolute atomic E-state index is 0.143. The highest BCUT2D eigenvalue weighted by Crippen LogP contribution is 2.32. The quantitative estimate of drug-likeness (QED) is 0.893. The molecule has 20 heavy (non-hydrogen) atoms. The summed E-state index contributed by atoms with van der Waals surface area (Å²) in [6.07, 6.45) is 2.36. The second-order valence-corrected chi connectivity index (χ2v) is 6.29. The van der Waals surface area contributed by atoms with Gasteiger partial charge in [0, 0.05) is 23.6 Å². The second-order valence-electron chi connectivity index (χ2n) is 5.43. The van der Waals surface area contributed by atoms with Crippen LogP contribution in [0.25, 0.3) is 0 Å². The number of nitrogens with two attached hydrogens (primary N) is 1. The van der Waals surface area contributed by atoms with Crippen molar-refractivity contribution in [2.24, 2.45) is 5.73 Å². The number of hydrogen-bond acceptors (Lipinski definition) is 3. The number of ether oxygens (including phenoxy) is 1. The fourth-order valence-corrected chi connectivity index (χ4v) is 3.40. The summed E-state index contributed by atoms with van der Waals surface area (Å²) < 4.78 is 6.94. The molecule has 0 aliphatic carbocycles. The summed E-state index contributed by atoms with van der Waals surface area (Å²) in [5, 5.41) is 0. The van der Waals surface area contributed by atoms with Gasteiger partial charge in [0.05, 0.1) is 18.8 Å². The molecule has 3 unspecified atom stereocenters. The summed E-state index contributed by atoms with van der Waals surface area (Å²) in [6.45, 7) is 7.07. The molecule has 2 rings (SSSR count). The Morgan fingerprint density at radius 3 is 2.80 bits per heavy atom. The molecule has 112 valence electrons. The SMILES string of the molecule is CCC1CN(C(c2ccccc2Br)C(N)CC)CCO1. The first-order chi connectivity index (χ1) is 9.67. The first kappa shape index (κ1) is 16.0. The lowest BCUT2D eigenvalue weighted by molar-refractivity contribution is -0.0487. The summed E-state index contributed by atoms with van der Waals surface area (Å²) in [6, 6.07) is 8.82. The molecule has 0 aromatic heterocycles. The van der Waals surface area contributed by atoms with Crippen LogP contribution < -0.4 is 5.73 Å². The summed E-state index contributed by atoms with van der Waals surface area (Å²) in [5.74, 6) is 0. The maximum absolute atomic E-state index is 6.43. The Bertz CT molecular complexity index is 427. The molecule has 2 N–H and O–H groups in total. The van der Waals surface area contributed by atoms with E-state index in [4.69, 9.17) is 10.5 Å². The van der Waals surface area contributed by atoms with Crippen LogP contribution in [0.5, 0.6) is 0 Å². The molecule has 1 heterocycles. The zero-order valence-electron chi connectivity index (χ0n) is 12.4. The first-order valence-corrected chi connectivity index (χ1v) is 8.32. The molecule has 1 aliphatic rings. The number of hydrogen-bond donors (Lipinski definition) is 1. The zero-order chi connectivity index (χ0) is 14.5. The minimum Gasteiger partial charge on any atom is -0.376 e. The van der Waals surface area contributed by atoms with Crippen molar-refractivity contribution in [2.45, 2.75) is 44.9 Å². The normalized spacial score (nSPS) is 23.5. The van der Waals surface area contributed by atoms with Crippen molar-refractivity contribution in [3.05, 3.63) is 34.3 Å². The van der Waals surface area contributed by atoms with E-state index < -0.39 is 0 Å². The van der Waals surface area contributed by atoms with E-state index in [0.717, 1.165) is 37.0 Å². The molecule has 1 aromatic rings. The molecule has 0 bridgehead atoms. The fraction of sp³-hybridized carbons (Fsp3) is 0.625. The predicted molar refractivity (Wildman–Crippen MR) is 86.8 cm³/mol. The van der Waals surface area contributed by atoms with E-state index in [9.17, 15) is 0 Å². The van der Waals surface area contributed by atoms with Crippen molar-refractivity contribution >= 4 is 15.9 Å². The van der Waals surface area contributed by atoms with Crippen LogP contribution in [0.3, 0.4) is 0 Å². The van der Waals surface area contributed by atoms with Crippen molar-refractivity contribution in [1.82, 2.24) is 4.90 Å². The van der Waals surface area contributed by atoms with E-state index >= 15 is 0 Å². The Hall–Kier alpha value is -0.420. The van der Waals surface area contributed by atoms with Gasteiger partial charge in [-0.25, -0.2) is 0 Å². The van der Waals surface area contributed by atoms with Crippen molar-refractivity contribution in [1.29, 1.82) is 0 Å². The monoisotopic (exact) mass is 340 g/mol. The van der Waals surface area contributed by atoms with Gasteiger partial charge in [-0.15, -0.1) is 0 Å². The Morgan fingerprint density at radius 1 is 1.40 bits per heavy atom. The summed E-state index contributed by atoms with van der Waals surface area (Å²) in [5.41, 5.74) is 7.72. The second kappa shape index (κ2) is 7.55. The minimum atomic E-state index is 0.143. The smallest absolute Gasteiger partial charge is 0.0700 e. The van der Waals surface area contributed by atoms with Gasteiger partial charge in [0.1, 0.15) is 0 Å². The molecule has 1 aromatic carbocycles. The maximum atomic E-state index is 6.43. The first-order valence-electron chi connectivity index (χ1n) is 7.53. The van der Waals surface area contributed by atoms with Crippen molar-refractivity contribution in [2.75, 3.05) is 19.7 Å². The van der Waals surface area contributed by atoms with Gasteiger partial charge < -0.3 is 10.5 Å². The number of nitrogens with zero attached hydrogens (tertiary/aromatic N) is 1. The van der Waals surface area contributed by atoms with Crippen LogP contribution in [0.2, 0.25) is 0 Å². The van der Waals surface area contributed by atoms with E-state index in [1.165, 1.54) is 5.56 Å². The lowest BCUT2D eigenvalue weighted by Gasteiger charge is -2.41.